The summed E-state index contributed by atoms with van der Waals surface area (Å²) in [5, 5.41) is 16.4. The fourth-order valence-corrected chi connectivity index (χ4v) is 3.35. The van der Waals surface area contributed by atoms with E-state index in [1.54, 1.807) is 0 Å². The van der Waals surface area contributed by atoms with Crippen molar-refractivity contribution in [1.29, 1.82) is 0 Å². The lowest BCUT2D eigenvalue weighted by Gasteiger charge is -2.22. The average molecular weight is 317 g/mol. The number of carbonyl (C=O) groups excluding carboxylic acids is 1. The van der Waals surface area contributed by atoms with Gasteiger partial charge in [0.05, 0.1) is 11.3 Å². The molecule has 3 rings (SSSR count). The largest absolute Gasteiger partial charge is 0.388 e. The summed E-state index contributed by atoms with van der Waals surface area (Å²) in [5.74, 6) is 0. The molecule has 1 aliphatic rings. The van der Waals surface area contributed by atoms with Gasteiger partial charge in [-0.2, -0.15) is 4.37 Å². The third-order valence-corrected chi connectivity index (χ3v) is 4.63. The Morgan fingerprint density at radius 2 is 2.00 bits per heavy atom. The van der Waals surface area contributed by atoms with Crippen molar-refractivity contribution >= 4 is 22.6 Å². The minimum absolute atomic E-state index is 0.295. The maximum atomic E-state index is 11.9. The van der Waals surface area contributed by atoms with E-state index in [0.717, 1.165) is 36.9 Å². The van der Waals surface area contributed by atoms with Crippen molar-refractivity contribution < 1.29 is 9.90 Å². The molecule has 116 valence electrons. The Labute approximate surface area is 133 Å². The van der Waals surface area contributed by atoms with E-state index in [4.69, 9.17) is 0 Å². The number of rotatable bonds is 4. The van der Waals surface area contributed by atoms with Crippen molar-refractivity contribution in [2.24, 2.45) is 0 Å². The molecule has 3 N–H and O–H groups in total. The highest BCUT2D eigenvalue weighted by atomic mass is 32.1. The normalized spacial score (nSPS) is 16.4. The molecular formula is C16H19N3O2S. The summed E-state index contributed by atoms with van der Waals surface area (Å²) in [7, 11) is 0. The highest BCUT2D eigenvalue weighted by Gasteiger charge is 2.31. The zero-order valence-electron chi connectivity index (χ0n) is 12.2. The summed E-state index contributed by atoms with van der Waals surface area (Å²) in [4.78, 5) is 11.9. The second-order valence-electron chi connectivity index (χ2n) is 5.68. The van der Waals surface area contributed by atoms with Gasteiger partial charge < -0.3 is 10.4 Å². The Morgan fingerprint density at radius 1 is 1.27 bits per heavy atom. The van der Waals surface area contributed by atoms with E-state index >= 15 is 0 Å². The number of amides is 2. The summed E-state index contributed by atoms with van der Waals surface area (Å²) in [6.45, 7) is 0.295. The van der Waals surface area contributed by atoms with E-state index in [9.17, 15) is 9.90 Å². The molecule has 0 radical (unpaired) electrons. The first kappa shape index (κ1) is 15.0. The van der Waals surface area contributed by atoms with Crippen LogP contribution in [0.15, 0.2) is 36.4 Å². The van der Waals surface area contributed by atoms with Gasteiger partial charge in [-0.15, -0.1) is 0 Å². The van der Waals surface area contributed by atoms with Gasteiger partial charge in [0.15, 0.2) is 0 Å². The summed E-state index contributed by atoms with van der Waals surface area (Å²) >= 11 is 1.25. The number of carbonyl (C=O) groups is 1. The zero-order valence-corrected chi connectivity index (χ0v) is 13.0. The second-order valence-corrected chi connectivity index (χ2v) is 6.49. The Balaban J connectivity index is 1.55. The van der Waals surface area contributed by atoms with E-state index in [-0.39, 0.29) is 6.03 Å². The fraction of sp³-hybridized carbons (Fsp3) is 0.375. The van der Waals surface area contributed by atoms with Crippen molar-refractivity contribution in [1.82, 2.24) is 9.69 Å². The number of urea groups is 1. The molecule has 5 nitrogen and oxygen atoms in total. The van der Waals surface area contributed by atoms with E-state index in [0.29, 0.717) is 11.5 Å². The number of nitrogens with zero attached hydrogens (tertiary/aromatic N) is 1. The monoisotopic (exact) mass is 317 g/mol. The quantitative estimate of drug-likeness (QED) is 0.810. The molecule has 1 aromatic carbocycles. The van der Waals surface area contributed by atoms with Crippen LogP contribution < -0.4 is 10.6 Å². The van der Waals surface area contributed by atoms with Crippen LogP contribution in [-0.4, -0.2) is 27.7 Å². The Morgan fingerprint density at radius 3 is 2.73 bits per heavy atom. The molecule has 0 aliphatic heterocycles. The van der Waals surface area contributed by atoms with Gasteiger partial charge in [-0.3, -0.25) is 5.32 Å². The zero-order chi connectivity index (χ0) is 15.4. The molecule has 22 heavy (non-hydrogen) atoms. The second kappa shape index (κ2) is 6.46. The standard InChI is InChI=1S/C16H19N3O2S/c20-15(17-11-16(21)8-4-5-9-16)18-14-10-13(19-22-14)12-6-2-1-3-7-12/h1-3,6-7,10,21H,4-5,8-9,11H2,(H2,17,18,20). The number of aliphatic hydroxyl groups is 1. The third kappa shape index (κ3) is 3.64. The summed E-state index contributed by atoms with van der Waals surface area (Å²) in [6.07, 6.45) is 3.56. The Bertz CT molecular complexity index is 636. The SMILES string of the molecule is O=C(NCC1(O)CCCC1)Nc1cc(-c2ccccc2)ns1. The van der Waals surface area contributed by atoms with E-state index < -0.39 is 5.60 Å². The molecule has 0 spiro atoms. The lowest BCUT2D eigenvalue weighted by atomic mass is 10.0. The first-order valence-electron chi connectivity index (χ1n) is 7.44. The number of hydrogen-bond acceptors (Lipinski definition) is 4. The number of benzene rings is 1. The number of hydrogen-bond donors (Lipinski definition) is 3. The van der Waals surface area contributed by atoms with Crippen LogP contribution in [0.5, 0.6) is 0 Å². The van der Waals surface area contributed by atoms with Crippen LogP contribution in [0, 0.1) is 0 Å². The van der Waals surface area contributed by atoms with E-state index in [1.807, 2.05) is 36.4 Å². The number of aromatic nitrogens is 1. The van der Waals surface area contributed by atoms with Crippen LogP contribution in [0.1, 0.15) is 25.7 Å². The predicted molar refractivity (Wildman–Crippen MR) is 88.0 cm³/mol. The summed E-state index contributed by atoms with van der Waals surface area (Å²) in [6, 6.07) is 11.4. The van der Waals surface area contributed by atoms with Crippen molar-refractivity contribution in [2.45, 2.75) is 31.3 Å². The number of nitrogens with one attached hydrogen (secondary N) is 2. The molecule has 1 aromatic heterocycles. The summed E-state index contributed by atoms with van der Waals surface area (Å²) < 4.78 is 4.34. The van der Waals surface area contributed by atoms with E-state index in [1.165, 1.54) is 11.5 Å². The maximum Gasteiger partial charge on any atom is 0.319 e. The van der Waals surface area contributed by atoms with Gasteiger partial charge in [0.25, 0.3) is 0 Å². The lowest BCUT2D eigenvalue weighted by molar-refractivity contribution is 0.0506. The molecule has 0 atom stereocenters. The highest BCUT2D eigenvalue weighted by Crippen LogP contribution is 2.29. The van der Waals surface area contributed by atoms with Crippen LogP contribution in [-0.2, 0) is 0 Å². The van der Waals surface area contributed by atoms with Gasteiger partial charge in [-0.1, -0.05) is 43.2 Å². The highest BCUT2D eigenvalue weighted by molar-refractivity contribution is 7.10. The molecule has 1 saturated carbocycles. The number of anilines is 1. The topological polar surface area (TPSA) is 74.2 Å². The third-order valence-electron chi connectivity index (χ3n) is 3.93. The van der Waals surface area contributed by atoms with Gasteiger partial charge in [0, 0.05) is 18.2 Å². The van der Waals surface area contributed by atoms with Crippen LogP contribution in [0.3, 0.4) is 0 Å². The minimum Gasteiger partial charge on any atom is -0.388 e. The molecule has 2 amide bonds. The molecule has 2 aromatic rings. The van der Waals surface area contributed by atoms with Gasteiger partial charge in [0.1, 0.15) is 5.00 Å². The first-order valence-corrected chi connectivity index (χ1v) is 8.21. The van der Waals surface area contributed by atoms with Gasteiger partial charge >= 0.3 is 6.03 Å². The lowest BCUT2D eigenvalue weighted by Crippen LogP contribution is -2.42. The van der Waals surface area contributed by atoms with Gasteiger partial charge in [-0.25, -0.2) is 4.79 Å². The van der Waals surface area contributed by atoms with Crippen LogP contribution in [0.2, 0.25) is 0 Å². The summed E-state index contributed by atoms with van der Waals surface area (Å²) in [5.41, 5.74) is 1.13. The maximum absolute atomic E-state index is 11.9. The van der Waals surface area contributed by atoms with E-state index in [2.05, 4.69) is 15.0 Å². The van der Waals surface area contributed by atoms with Gasteiger partial charge in [0.2, 0.25) is 0 Å². The smallest absolute Gasteiger partial charge is 0.319 e. The van der Waals surface area contributed by atoms with Crippen molar-refractivity contribution in [3.8, 4) is 11.3 Å². The van der Waals surface area contributed by atoms with Crippen molar-refractivity contribution in [3.63, 3.8) is 0 Å². The molecule has 0 saturated heterocycles. The Kier molecular flexibility index (Phi) is 4.40. The predicted octanol–water partition coefficient (Wildman–Crippen LogP) is 3.24. The molecule has 6 heteroatoms. The van der Waals surface area contributed by atoms with Crippen LogP contribution in [0.25, 0.3) is 11.3 Å². The molecule has 0 unspecified atom stereocenters. The van der Waals surface area contributed by atoms with Crippen molar-refractivity contribution in [3.05, 3.63) is 36.4 Å². The van der Waals surface area contributed by atoms with Crippen LogP contribution >= 0.6 is 11.5 Å². The fourth-order valence-electron chi connectivity index (χ4n) is 2.69. The molecule has 1 fully saturated rings. The van der Waals surface area contributed by atoms with Crippen LogP contribution in [0.4, 0.5) is 9.80 Å². The molecule has 1 heterocycles. The first-order chi connectivity index (χ1) is 10.6. The average Bonchev–Trinajstić information content (AvgIpc) is 3.16. The Hall–Kier alpha value is -1.92. The molecule has 0 bridgehead atoms. The minimum atomic E-state index is -0.736. The van der Waals surface area contributed by atoms with Gasteiger partial charge in [-0.05, 0) is 24.4 Å². The molecule has 1 aliphatic carbocycles. The molecular weight excluding hydrogens is 298 g/mol. The van der Waals surface area contributed by atoms with Crippen molar-refractivity contribution in [2.75, 3.05) is 11.9 Å².